The standard InChI is InChI=1S/C29H36F2N6O3/c1-16(2)13-23(38)34-25(18-5-6-18)21-9-12-37-14-22(33-28(37)32-21)26(19-7-10-29(30,31)11-8-19)35-27(39)20-15-40-36-24(20)17-3-4-17/h9,12,14-19,25-26H,3-8,10-11,13H2,1-2H3,(H,34,38)(H,35,39)/t25-,26-/m0/s1. The molecule has 3 fully saturated rings. The maximum atomic E-state index is 14.0. The molecule has 2 atom stereocenters. The van der Waals surface area contributed by atoms with Crippen LogP contribution < -0.4 is 10.6 Å². The first-order valence-electron chi connectivity index (χ1n) is 14.4. The van der Waals surface area contributed by atoms with Crippen LogP contribution in [0.3, 0.4) is 0 Å². The third-order valence-corrected chi connectivity index (χ3v) is 8.33. The SMILES string of the molecule is CC(C)CC(=O)N[C@H](c1ccn2cc([C@@H](NC(=O)c3conc3C3CC3)C3CCC(F)(F)CC3)nc2n1)C1CC1. The molecule has 214 valence electrons. The number of rotatable bonds is 10. The molecule has 3 aromatic rings. The van der Waals surface area contributed by atoms with Crippen molar-refractivity contribution in [1.29, 1.82) is 0 Å². The topological polar surface area (TPSA) is 114 Å². The molecule has 0 aromatic carbocycles. The Kier molecular flexibility index (Phi) is 7.08. The average Bonchev–Trinajstić information content (AvgIpc) is 3.84. The second-order valence-corrected chi connectivity index (χ2v) is 12.2. The van der Waals surface area contributed by atoms with Crippen LogP contribution in [-0.4, -0.2) is 37.3 Å². The minimum absolute atomic E-state index is 0.00813. The van der Waals surface area contributed by atoms with Crippen molar-refractivity contribution < 1.29 is 22.9 Å². The van der Waals surface area contributed by atoms with Gasteiger partial charge in [0.05, 0.1) is 29.2 Å². The Bertz CT molecular complexity index is 1380. The molecule has 3 aliphatic rings. The van der Waals surface area contributed by atoms with E-state index in [0.29, 0.717) is 35.1 Å². The van der Waals surface area contributed by atoms with Gasteiger partial charge in [-0.1, -0.05) is 19.0 Å². The van der Waals surface area contributed by atoms with Gasteiger partial charge in [0.15, 0.2) is 0 Å². The van der Waals surface area contributed by atoms with Crippen LogP contribution >= 0.6 is 0 Å². The molecule has 0 bridgehead atoms. The molecule has 40 heavy (non-hydrogen) atoms. The van der Waals surface area contributed by atoms with Gasteiger partial charge in [-0.2, -0.15) is 0 Å². The molecule has 3 aromatic heterocycles. The summed E-state index contributed by atoms with van der Waals surface area (Å²) in [6.07, 6.45) is 9.58. The number of alkyl halides is 2. The Morgan fingerprint density at radius 2 is 1.70 bits per heavy atom. The lowest BCUT2D eigenvalue weighted by molar-refractivity contribution is -0.122. The highest BCUT2D eigenvalue weighted by Gasteiger charge is 2.40. The van der Waals surface area contributed by atoms with Gasteiger partial charge in [-0.3, -0.25) is 14.0 Å². The third-order valence-electron chi connectivity index (χ3n) is 8.33. The van der Waals surface area contributed by atoms with Crippen molar-refractivity contribution in [3.63, 3.8) is 0 Å². The predicted octanol–water partition coefficient (Wildman–Crippen LogP) is 5.50. The minimum atomic E-state index is -2.69. The van der Waals surface area contributed by atoms with E-state index in [9.17, 15) is 18.4 Å². The Morgan fingerprint density at radius 3 is 2.38 bits per heavy atom. The highest BCUT2D eigenvalue weighted by atomic mass is 19.3. The van der Waals surface area contributed by atoms with E-state index < -0.39 is 12.0 Å². The van der Waals surface area contributed by atoms with Gasteiger partial charge in [0, 0.05) is 37.6 Å². The lowest BCUT2D eigenvalue weighted by Gasteiger charge is -2.33. The lowest BCUT2D eigenvalue weighted by Crippen LogP contribution is -2.37. The van der Waals surface area contributed by atoms with E-state index in [1.165, 1.54) is 6.26 Å². The zero-order valence-electron chi connectivity index (χ0n) is 22.9. The second kappa shape index (κ2) is 10.6. The molecule has 0 radical (unpaired) electrons. The van der Waals surface area contributed by atoms with Crippen LogP contribution in [0.4, 0.5) is 8.78 Å². The van der Waals surface area contributed by atoms with Crippen molar-refractivity contribution in [3.8, 4) is 0 Å². The van der Waals surface area contributed by atoms with Crippen LogP contribution in [0.1, 0.15) is 117 Å². The zero-order chi connectivity index (χ0) is 28.0. The van der Waals surface area contributed by atoms with E-state index in [0.717, 1.165) is 31.4 Å². The summed E-state index contributed by atoms with van der Waals surface area (Å²) in [7, 11) is 0. The summed E-state index contributed by atoms with van der Waals surface area (Å²) in [5.41, 5.74) is 2.37. The summed E-state index contributed by atoms with van der Waals surface area (Å²) in [5, 5.41) is 10.3. The molecule has 0 saturated heterocycles. The van der Waals surface area contributed by atoms with Crippen LogP contribution in [0.5, 0.6) is 0 Å². The van der Waals surface area contributed by atoms with Gasteiger partial charge in [-0.15, -0.1) is 0 Å². The predicted molar refractivity (Wildman–Crippen MR) is 142 cm³/mol. The van der Waals surface area contributed by atoms with Crippen LogP contribution in [0.25, 0.3) is 5.78 Å². The van der Waals surface area contributed by atoms with Crippen molar-refractivity contribution in [1.82, 2.24) is 30.2 Å². The van der Waals surface area contributed by atoms with Crippen molar-refractivity contribution >= 4 is 17.6 Å². The fourth-order valence-electron chi connectivity index (χ4n) is 5.81. The second-order valence-electron chi connectivity index (χ2n) is 12.2. The number of aromatic nitrogens is 4. The highest BCUT2D eigenvalue weighted by molar-refractivity contribution is 5.95. The van der Waals surface area contributed by atoms with Gasteiger partial charge < -0.3 is 15.2 Å². The summed E-state index contributed by atoms with van der Waals surface area (Å²) in [4.78, 5) is 35.5. The van der Waals surface area contributed by atoms with Crippen molar-refractivity contribution in [2.24, 2.45) is 17.8 Å². The molecule has 3 saturated carbocycles. The van der Waals surface area contributed by atoms with E-state index in [2.05, 4.69) is 15.8 Å². The number of amides is 2. The number of halogens is 2. The van der Waals surface area contributed by atoms with Crippen LogP contribution in [0.2, 0.25) is 0 Å². The number of imidazole rings is 1. The van der Waals surface area contributed by atoms with Gasteiger partial charge in [0.1, 0.15) is 11.8 Å². The Labute approximate surface area is 231 Å². The van der Waals surface area contributed by atoms with E-state index in [1.807, 2.05) is 32.3 Å². The van der Waals surface area contributed by atoms with Gasteiger partial charge in [-0.05, 0) is 62.3 Å². The molecule has 3 aliphatic carbocycles. The first-order chi connectivity index (χ1) is 19.2. The summed E-state index contributed by atoms with van der Waals surface area (Å²) < 4.78 is 35.0. The van der Waals surface area contributed by atoms with Crippen LogP contribution in [-0.2, 0) is 4.79 Å². The smallest absolute Gasteiger partial charge is 0.257 e. The summed E-state index contributed by atoms with van der Waals surface area (Å²) in [5.74, 6) is -1.94. The Hall–Kier alpha value is -3.37. The first-order valence-corrected chi connectivity index (χ1v) is 14.4. The number of carbonyl (C=O) groups excluding carboxylic acids is 2. The normalized spacial score (nSPS) is 20.9. The molecule has 11 heteroatoms. The molecule has 9 nitrogen and oxygen atoms in total. The molecule has 6 rings (SSSR count). The van der Waals surface area contributed by atoms with Crippen molar-refractivity contribution in [2.45, 2.75) is 95.6 Å². The maximum Gasteiger partial charge on any atom is 0.257 e. The molecule has 2 N–H and O–H groups in total. The summed E-state index contributed by atoms with van der Waals surface area (Å²) in [6.45, 7) is 4.03. The van der Waals surface area contributed by atoms with E-state index in [-0.39, 0.29) is 61.3 Å². The Balaban J connectivity index is 1.27. The third kappa shape index (κ3) is 5.88. The maximum absolute atomic E-state index is 14.0. The van der Waals surface area contributed by atoms with E-state index in [1.54, 1.807) is 4.40 Å². The number of hydrogen-bond donors (Lipinski definition) is 2. The lowest BCUT2D eigenvalue weighted by atomic mass is 9.81. The average molecular weight is 555 g/mol. The molecule has 0 spiro atoms. The van der Waals surface area contributed by atoms with Gasteiger partial charge in [0.25, 0.3) is 5.91 Å². The fourth-order valence-corrected chi connectivity index (χ4v) is 5.81. The first kappa shape index (κ1) is 26.8. The van der Waals surface area contributed by atoms with E-state index in [4.69, 9.17) is 14.5 Å². The van der Waals surface area contributed by atoms with Crippen molar-refractivity contribution in [2.75, 3.05) is 0 Å². The molecular formula is C29H36F2N6O3. The summed E-state index contributed by atoms with van der Waals surface area (Å²) in [6, 6.07) is 1.15. The fraction of sp³-hybridized carbons (Fsp3) is 0.621. The molecule has 2 amide bonds. The molecule has 0 aliphatic heterocycles. The quantitative estimate of drug-likeness (QED) is 0.342. The number of nitrogens with one attached hydrogen (secondary N) is 2. The van der Waals surface area contributed by atoms with Crippen LogP contribution in [0, 0.1) is 17.8 Å². The van der Waals surface area contributed by atoms with Gasteiger partial charge in [-0.25, -0.2) is 18.7 Å². The highest BCUT2D eigenvalue weighted by Crippen LogP contribution is 2.43. The largest absolute Gasteiger partial charge is 0.364 e. The van der Waals surface area contributed by atoms with Gasteiger partial charge in [0.2, 0.25) is 17.6 Å². The number of carbonyl (C=O) groups is 2. The summed E-state index contributed by atoms with van der Waals surface area (Å²) >= 11 is 0. The number of nitrogens with zero attached hydrogens (tertiary/aromatic N) is 4. The monoisotopic (exact) mass is 554 g/mol. The molecule has 3 heterocycles. The van der Waals surface area contributed by atoms with Crippen molar-refractivity contribution in [3.05, 3.63) is 47.4 Å². The number of hydrogen-bond acceptors (Lipinski definition) is 6. The van der Waals surface area contributed by atoms with Gasteiger partial charge >= 0.3 is 0 Å². The minimum Gasteiger partial charge on any atom is -0.364 e. The van der Waals surface area contributed by atoms with Crippen LogP contribution in [0.15, 0.2) is 29.2 Å². The molecular weight excluding hydrogens is 518 g/mol. The molecule has 0 unspecified atom stereocenters. The van der Waals surface area contributed by atoms with E-state index >= 15 is 0 Å². The number of fused-ring (bicyclic) bond motifs is 1. The zero-order valence-corrected chi connectivity index (χ0v) is 22.9. The Morgan fingerprint density at radius 1 is 1.02 bits per heavy atom.